The zero-order valence-corrected chi connectivity index (χ0v) is 9.05. The van der Waals surface area contributed by atoms with Crippen molar-refractivity contribution in [1.82, 2.24) is 0 Å². The summed E-state index contributed by atoms with van der Waals surface area (Å²) in [4.78, 5) is 0. The molecule has 14 heavy (non-hydrogen) atoms. The van der Waals surface area contributed by atoms with E-state index in [0.717, 1.165) is 5.75 Å². The predicted octanol–water partition coefficient (Wildman–Crippen LogP) is 3.62. The monoisotopic (exact) mass is 190 g/mol. The van der Waals surface area contributed by atoms with Crippen LogP contribution in [0.15, 0.2) is 18.2 Å². The van der Waals surface area contributed by atoms with Gasteiger partial charge in [-0.15, -0.1) is 0 Å². The molecule has 1 heteroatoms. The Morgan fingerprint density at radius 3 is 2.43 bits per heavy atom. The highest BCUT2D eigenvalue weighted by molar-refractivity contribution is 5.33. The first-order chi connectivity index (χ1) is 6.75. The summed E-state index contributed by atoms with van der Waals surface area (Å²) in [6.45, 7) is 4.27. The van der Waals surface area contributed by atoms with E-state index in [9.17, 15) is 0 Å². The van der Waals surface area contributed by atoms with E-state index in [0.29, 0.717) is 6.10 Å². The van der Waals surface area contributed by atoms with Crippen molar-refractivity contribution in [3.05, 3.63) is 29.3 Å². The van der Waals surface area contributed by atoms with Crippen LogP contribution < -0.4 is 4.74 Å². The van der Waals surface area contributed by atoms with Gasteiger partial charge in [-0.1, -0.05) is 6.07 Å². The maximum Gasteiger partial charge on any atom is 0.119 e. The first-order valence-corrected chi connectivity index (χ1v) is 5.49. The summed E-state index contributed by atoms with van der Waals surface area (Å²) >= 11 is 0. The first-order valence-electron chi connectivity index (χ1n) is 5.49. The Hall–Kier alpha value is -0.980. The van der Waals surface area contributed by atoms with Crippen molar-refractivity contribution in [1.29, 1.82) is 0 Å². The highest BCUT2D eigenvalue weighted by Crippen LogP contribution is 2.25. The van der Waals surface area contributed by atoms with Crippen LogP contribution in [0.1, 0.15) is 36.8 Å². The van der Waals surface area contributed by atoms with E-state index in [4.69, 9.17) is 4.74 Å². The molecule has 0 aromatic heterocycles. The molecule has 0 heterocycles. The van der Waals surface area contributed by atoms with Crippen LogP contribution in [0.2, 0.25) is 0 Å². The first kappa shape index (κ1) is 9.57. The van der Waals surface area contributed by atoms with E-state index in [-0.39, 0.29) is 0 Å². The molecule has 0 saturated heterocycles. The average molecular weight is 190 g/mol. The van der Waals surface area contributed by atoms with E-state index in [1.807, 2.05) is 0 Å². The van der Waals surface area contributed by atoms with Crippen molar-refractivity contribution in [3.8, 4) is 5.75 Å². The second-order valence-corrected chi connectivity index (χ2v) is 4.27. The van der Waals surface area contributed by atoms with Crippen molar-refractivity contribution >= 4 is 0 Å². The van der Waals surface area contributed by atoms with Gasteiger partial charge in [-0.3, -0.25) is 0 Å². The number of ether oxygens (including phenoxy) is 1. The molecule has 1 aromatic carbocycles. The Morgan fingerprint density at radius 2 is 1.79 bits per heavy atom. The smallest absolute Gasteiger partial charge is 0.119 e. The third-order valence-corrected chi connectivity index (χ3v) is 3.08. The fourth-order valence-corrected chi connectivity index (χ4v) is 1.99. The van der Waals surface area contributed by atoms with Gasteiger partial charge >= 0.3 is 0 Å². The SMILES string of the molecule is Cc1ccc(OC2CCCC2)cc1C. The van der Waals surface area contributed by atoms with E-state index in [2.05, 4.69) is 32.0 Å². The zero-order valence-electron chi connectivity index (χ0n) is 9.05. The number of rotatable bonds is 2. The molecule has 0 atom stereocenters. The van der Waals surface area contributed by atoms with Gasteiger partial charge < -0.3 is 4.74 Å². The number of aryl methyl sites for hydroxylation is 2. The van der Waals surface area contributed by atoms with Crippen molar-refractivity contribution in [2.75, 3.05) is 0 Å². The molecule has 0 radical (unpaired) electrons. The Kier molecular flexibility index (Phi) is 2.76. The molecule has 0 bridgehead atoms. The quantitative estimate of drug-likeness (QED) is 0.692. The van der Waals surface area contributed by atoms with Crippen LogP contribution >= 0.6 is 0 Å². The highest BCUT2D eigenvalue weighted by Gasteiger charge is 2.16. The van der Waals surface area contributed by atoms with Gasteiger partial charge in [0.15, 0.2) is 0 Å². The van der Waals surface area contributed by atoms with Crippen LogP contribution in [-0.4, -0.2) is 6.10 Å². The molecule has 76 valence electrons. The third-order valence-electron chi connectivity index (χ3n) is 3.08. The normalized spacial score (nSPS) is 17.3. The van der Waals surface area contributed by atoms with Gasteiger partial charge in [0.05, 0.1) is 6.10 Å². The largest absolute Gasteiger partial charge is 0.490 e. The summed E-state index contributed by atoms with van der Waals surface area (Å²) in [6.07, 6.45) is 5.59. The summed E-state index contributed by atoms with van der Waals surface area (Å²) in [7, 11) is 0. The molecule has 0 spiro atoms. The van der Waals surface area contributed by atoms with E-state index in [1.54, 1.807) is 0 Å². The highest BCUT2D eigenvalue weighted by atomic mass is 16.5. The lowest BCUT2D eigenvalue weighted by Gasteiger charge is -2.13. The lowest BCUT2D eigenvalue weighted by molar-refractivity contribution is 0.210. The molecule has 1 saturated carbocycles. The molecular weight excluding hydrogens is 172 g/mol. The van der Waals surface area contributed by atoms with Crippen molar-refractivity contribution in [2.24, 2.45) is 0 Å². The predicted molar refractivity (Wildman–Crippen MR) is 58.8 cm³/mol. The molecule has 0 unspecified atom stereocenters. The van der Waals surface area contributed by atoms with E-state index in [1.165, 1.54) is 36.8 Å². The second kappa shape index (κ2) is 4.04. The molecule has 1 aliphatic carbocycles. The van der Waals surface area contributed by atoms with Crippen molar-refractivity contribution in [3.63, 3.8) is 0 Å². The molecule has 0 aliphatic heterocycles. The summed E-state index contributed by atoms with van der Waals surface area (Å²) < 4.78 is 5.91. The fourth-order valence-electron chi connectivity index (χ4n) is 1.99. The number of benzene rings is 1. The Morgan fingerprint density at radius 1 is 1.07 bits per heavy atom. The van der Waals surface area contributed by atoms with Crippen LogP contribution in [0.5, 0.6) is 5.75 Å². The topological polar surface area (TPSA) is 9.23 Å². The molecule has 1 nitrogen and oxygen atoms in total. The van der Waals surface area contributed by atoms with Gasteiger partial charge in [-0.25, -0.2) is 0 Å². The van der Waals surface area contributed by atoms with Gasteiger partial charge in [-0.2, -0.15) is 0 Å². The van der Waals surface area contributed by atoms with Crippen LogP contribution in [-0.2, 0) is 0 Å². The van der Waals surface area contributed by atoms with Crippen molar-refractivity contribution < 1.29 is 4.74 Å². The lowest BCUT2D eigenvalue weighted by atomic mass is 10.1. The van der Waals surface area contributed by atoms with Crippen LogP contribution in [0.4, 0.5) is 0 Å². The molecule has 0 N–H and O–H groups in total. The van der Waals surface area contributed by atoms with Gasteiger partial charge in [0.25, 0.3) is 0 Å². The second-order valence-electron chi connectivity index (χ2n) is 4.27. The molecule has 1 aliphatic rings. The molecular formula is C13H18O. The number of hydrogen-bond donors (Lipinski definition) is 0. The zero-order chi connectivity index (χ0) is 9.97. The molecule has 1 fully saturated rings. The Labute approximate surface area is 86.1 Å². The van der Waals surface area contributed by atoms with Crippen molar-refractivity contribution in [2.45, 2.75) is 45.6 Å². The summed E-state index contributed by atoms with van der Waals surface area (Å²) in [5, 5.41) is 0. The Bertz CT molecular complexity index is 311. The summed E-state index contributed by atoms with van der Waals surface area (Å²) in [6, 6.07) is 6.37. The third kappa shape index (κ3) is 2.09. The van der Waals surface area contributed by atoms with Crippen LogP contribution in [0.25, 0.3) is 0 Å². The van der Waals surface area contributed by atoms with Crippen LogP contribution in [0, 0.1) is 13.8 Å². The molecule has 2 rings (SSSR count). The maximum atomic E-state index is 5.91. The van der Waals surface area contributed by atoms with Gasteiger partial charge in [0.2, 0.25) is 0 Å². The van der Waals surface area contributed by atoms with Gasteiger partial charge in [0, 0.05) is 0 Å². The lowest BCUT2D eigenvalue weighted by Crippen LogP contribution is -2.10. The minimum absolute atomic E-state index is 0.470. The average Bonchev–Trinajstić information content (AvgIpc) is 2.64. The fraction of sp³-hybridized carbons (Fsp3) is 0.538. The standard InChI is InChI=1S/C13H18O/c1-10-7-8-13(9-11(10)2)14-12-5-3-4-6-12/h7-9,12H,3-6H2,1-2H3. The Balaban J connectivity index is 2.05. The van der Waals surface area contributed by atoms with Crippen LogP contribution in [0.3, 0.4) is 0 Å². The minimum atomic E-state index is 0.470. The summed E-state index contributed by atoms with van der Waals surface area (Å²) in [5.41, 5.74) is 2.66. The summed E-state index contributed by atoms with van der Waals surface area (Å²) in [5.74, 6) is 1.04. The maximum absolute atomic E-state index is 5.91. The van der Waals surface area contributed by atoms with E-state index < -0.39 is 0 Å². The minimum Gasteiger partial charge on any atom is -0.490 e. The number of hydrogen-bond acceptors (Lipinski definition) is 1. The van der Waals surface area contributed by atoms with Gasteiger partial charge in [0.1, 0.15) is 5.75 Å². The molecule has 1 aromatic rings. The van der Waals surface area contributed by atoms with Gasteiger partial charge in [-0.05, 0) is 62.8 Å². The van der Waals surface area contributed by atoms with E-state index >= 15 is 0 Å². The molecule has 0 amide bonds.